The van der Waals surface area contributed by atoms with Crippen LogP contribution >= 0.6 is 0 Å². The zero-order chi connectivity index (χ0) is 13.7. The van der Waals surface area contributed by atoms with Crippen molar-refractivity contribution in [1.29, 1.82) is 0 Å². The summed E-state index contributed by atoms with van der Waals surface area (Å²) in [7, 11) is 2.37. The first-order valence-electron chi connectivity index (χ1n) is 8.42. The molecule has 1 aliphatic heterocycles. The Bertz CT molecular complexity index is 248. The van der Waals surface area contributed by atoms with Gasteiger partial charge in [0.25, 0.3) is 0 Å². The molecule has 0 bridgehead atoms. The van der Waals surface area contributed by atoms with Crippen molar-refractivity contribution in [2.24, 2.45) is 0 Å². The molecule has 19 heavy (non-hydrogen) atoms. The highest BCUT2D eigenvalue weighted by molar-refractivity contribution is 4.89. The number of hydrogen-bond acceptors (Lipinski definition) is 3. The van der Waals surface area contributed by atoms with Crippen LogP contribution in [0.1, 0.15) is 52.4 Å². The van der Waals surface area contributed by atoms with Crippen LogP contribution in [-0.4, -0.2) is 61.2 Å². The van der Waals surface area contributed by atoms with Crippen molar-refractivity contribution in [3.8, 4) is 0 Å². The van der Waals surface area contributed by atoms with E-state index >= 15 is 0 Å². The summed E-state index contributed by atoms with van der Waals surface area (Å²) in [5.74, 6) is 0. The van der Waals surface area contributed by atoms with Crippen LogP contribution in [0.15, 0.2) is 0 Å². The molecule has 2 unspecified atom stereocenters. The molecule has 0 aromatic heterocycles. The Balaban J connectivity index is 1.73. The maximum atomic E-state index is 3.70. The molecule has 0 aromatic carbocycles. The highest BCUT2D eigenvalue weighted by Crippen LogP contribution is 2.27. The van der Waals surface area contributed by atoms with Crippen LogP contribution in [0.5, 0.6) is 0 Å². The van der Waals surface area contributed by atoms with E-state index in [1.54, 1.807) is 0 Å². The first kappa shape index (κ1) is 15.3. The minimum Gasteiger partial charge on any atom is -0.314 e. The topological polar surface area (TPSA) is 18.5 Å². The van der Waals surface area contributed by atoms with Gasteiger partial charge in [-0.25, -0.2) is 0 Å². The molecule has 2 atom stereocenters. The summed E-state index contributed by atoms with van der Waals surface area (Å²) in [6, 6.07) is 2.44. The lowest BCUT2D eigenvalue weighted by Gasteiger charge is -2.39. The van der Waals surface area contributed by atoms with Crippen LogP contribution in [0.4, 0.5) is 0 Å². The number of likely N-dealkylation sites (tertiary alicyclic amines) is 1. The summed E-state index contributed by atoms with van der Waals surface area (Å²) < 4.78 is 0. The summed E-state index contributed by atoms with van der Waals surface area (Å²) in [5, 5.41) is 3.70. The van der Waals surface area contributed by atoms with Gasteiger partial charge in [-0.15, -0.1) is 0 Å². The van der Waals surface area contributed by atoms with Crippen LogP contribution in [0.25, 0.3) is 0 Å². The van der Waals surface area contributed by atoms with Gasteiger partial charge < -0.3 is 15.1 Å². The maximum Gasteiger partial charge on any atom is 0.0119 e. The van der Waals surface area contributed by atoms with Gasteiger partial charge in [-0.2, -0.15) is 0 Å². The Morgan fingerprint density at radius 1 is 1.05 bits per heavy atom. The zero-order valence-corrected chi connectivity index (χ0v) is 13.2. The van der Waals surface area contributed by atoms with Crippen LogP contribution in [0.2, 0.25) is 0 Å². The van der Waals surface area contributed by atoms with Gasteiger partial charge >= 0.3 is 0 Å². The van der Waals surface area contributed by atoms with Gasteiger partial charge in [0.2, 0.25) is 0 Å². The molecule has 1 saturated heterocycles. The highest BCUT2D eigenvalue weighted by Gasteiger charge is 2.31. The molecule has 3 heteroatoms. The quantitative estimate of drug-likeness (QED) is 0.797. The molecule has 0 spiro atoms. The normalized spacial score (nSPS) is 30.3. The van der Waals surface area contributed by atoms with Crippen LogP contribution in [0, 0.1) is 0 Å². The molecular formula is C16H33N3. The van der Waals surface area contributed by atoms with Crippen LogP contribution in [-0.2, 0) is 0 Å². The maximum absolute atomic E-state index is 3.70. The van der Waals surface area contributed by atoms with Gasteiger partial charge in [-0.1, -0.05) is 13.8 Å². The van der Waals surface area contributed by atoms with Crippen LogP contribution in [0.3, 0.4) is 0 Å². The first-order chi connectivity index (χ1) is 9.24. The molecule has 0 aromatic rings. The molecule has 2 rings (SSSR count). The van der Waals surface area contributed by atoms with E-state index in [1.165, 1.54) is 64.7 Å². The van der Waals surface area contributed by atoms with E-state index in [9.17, 15) is 0 Å². The van der Waals surface area contributed by atoms with E-state index in [0.717, 1.165) is 18.1 Å². The minimum atomic E-state index is 0.781. The SMILES string of the molecule is CCCNC1CCC(N(C)C2CCN(CC)CC2)C1. The van der Waals surface area contributed by atoms with E-state index < -0.39 is 0 Å². The molecule has 0 amide bonds. The summed E-state index contributed by atoms with van der Waals surface area (Å²) in [6.45, 7) is 9.56. The Hall–Kier alpha value is -0.120. The minimum absolute atomic E-state index is 0.781. The fraction of sp³-hybridized carbons (Fsp3) is 1.00. The van der Waals surface area contributed by atoms with Crippen LogP contribution < -0.4 is 5.32 Å². The largest absolute Gasteiger partial charge is 0.314 e. The van der Waals surface area contributed by atoms with Gasteiger partial charge in [0.15, 0.2) is 0 Å². The molecule has 1 saturated carbocycles. The lowest BCUT2D eigenvalue weighted by Crippen LogP contribution is -2.46. The van der Waals surface area contributed by atoms with Gasteiger partial charge in [0.1, 0.15) is 0 Å². The van der Waals surface area contributed by atoms with Gasteiger partial charge in [-0.05, 0) is 71.8 Å². The number of nitrogens with zero attached hydrogens (tertiary/aromatic N) is 2. The Morgan fingerprint density at radius 3 is 2.42 bits per heavy atom. The molecule has 112 valence electrons. The van der Waals surface area contributed by atoms with Crippen molar-refractivity contribution in [2.75, 3.05) is 33.2 Å². The third kappa shape index (κ3) is 4.17. The smallest absolute Gasteiger partial charge is 0.0119 e. The van der Waals surface area contributed by atoms with E-state index in [0.29, 0.717) is 0 Å². The summed E-state index contributed by atoms with van der Waals surface area (Å²) in [6.07, 6.45) is 8.13. The molecule has 1 N–H and O–H groups in total. The Kier molecular flexibility index (Phi) is 6.11. The molecule has 1 heterocycles. The van der Waals surface area contributed by atoms with Gasteiger partial charge in [0, 0.05) is 18.1 Å². The van der Waals surface area contributed by atoms with Gasteiger partial charge in [0.05, 0.1) is 0 Å². The van der Waals surface area contributed by atoms with E-state index in [4.69, 9.17) is 0 Å². The molecule has 1 aliphatic carbocycles. The number of piperidine rings is 1. The Labute approximate surface area is 119 Å². The molecule has 0 radical (unpaired) electrons. The van der Waals surface area contributed by atoms with Crippen molar-refractivity contribution < 1.29 is 0 Å². The van der Waals surface area contributed by atoms with Crippen molar-refractivity contribution in [1.82, 2.24) is 15.1 Å². The molecule has 2 aliphatic rings. The molecular weight excluding hydrogens is 234 g/mol. The van der Waals surface area contributed by atoms with Crippen molar-refractivity contribution >= 4 is 0 Å². The van der Waals surface area contributed by atoms with Crippen molar-refractivity contribution in [3.63, 3.8) is 0 Å². The predicted octanol–water partition coefficient (Wildman–Crippen LogP) is 2.32. The average Bonchev–Trinajstić information content (AvgIpc) is 2.93. The number of nitrogens with one attached hydrogen (secondary N) is 1. The summed E-state index contributed by atoms with van der Waals surface area (Å²) in [4.78, 5) is 5.30. The molecule has 2 fully saturated rings. The average molecular weight is 267 g/mol. The lowest BCUT2D eigenvalue weighted by molar-refractivity contribution is 0.0993. The lowest BCUT2D eigenvalue weighted by atomic mass is 10.0. The first-order valence-corrected chi connectivity index (χ1v) is 8.42. The monoisotopic (exact) mass is 267 g/mol. The van der Waals surface area contributed by atoms with E-state index in [-0.39, 0.29) is 0 Å². The molecule has 3 nitrogen and oxygen atoms in total. The van der Waals surface area contributed by atoms with Gasteiger partial charge in [-0.3, -0.25) is 0 Å². The summed E-state index contributed by atoms with van der Waals surface area (Å²) in [5.41, 5.74) is 0. The second-order valence-corrected chi connectivity index (χ2v) is 6.45. The van der Waals surface area contributed by atoms with E-state index in [2.05, 4.69) is 36.0 Å². The summed E-state index contributed by atoms with van der Waals surface area (Å²) >= 11 is 0. The fourth-order valence-corrected chi connectivity index (χ4v) is 3.80. The third-order valence-electron chi connectivity index (χ3n) is 5.24. The zero-order valence-electron chi connectivity index (χ0n) is 13.2. The standard InChI is InChI=1S/C16H33N3/c1-4-10-17-14-6-7-16(13-14)18(3)15-8-11-19(5-2)12-9-15/h14-17H,4-13H2,1-3H3. The highest BCUT2D eigenvalue weighted by atomic mass is 15.2. The fourth-order valence-electron chi connectivity index (χ4n) is 3.80. The number of hydrogen-bond donors (Lipinski definition) is 1. The van der Waals surface area contributed by atoms with E-state index in [1.807, 2.05) is 0 Å². The Morgan fingerprint density at radius 2 is 1.79 bits per heavy atom. The number of rotatable bonds is 6. The van der Waals surface area contributed by atoms with Crippen molar-refractivity contribution in [3.05, 3.63) is 0 Å². The predicted molar refractivity (Wildman–Crippen MR) is 82.6 cm³/mol. The third-order valence-corrected chi connectivity index (χ3v) is 5.24. The van der Waals surface area contributed by atoms with Crippen molar-refractivity contribution in [2.45, 2.75) is 70.5 Å². The second kappa shape index (κ2) is 7.61. The second-order valence-electron chi connectivity index (χ2n) is 6.45.